The number of halogens is 1. The van der Waals surface area contributed by atoms with Gasteiger partial charge in [0.05, 0.1) is 23.4 Å². The summed E-state index contributed by atoms with van der Waals surface area (Å²) in [5, 5.41) is 6.08. The first-order valence-corrected chi connectivity index (χ1v) is 16.3. The number of piperidine rings is 2. The summed E-state index contributed by atoms with van der Waals surface area (Å²) in [6, 6.07) is 12.1. The predicted molar refractivity (Wildman–Crippen MR) is 165 cm³/mol. The number of nitrogen functional groups attached to an aromatic ring is 1. The maximum absolute atomic E-state index is 13.3. The highest BCUT2D eigenvalue weighted by Gasteiger charge is 2.28. The summed E-state index contributed by atoms with van der Waals surface area (Å²) >= 11 is 6.37. The monoisotopic (exact) mass is 613 g/mol. The van der Waals surface area contributed by atoms with Gasteiger partial charge in [-0.1, -0.05) is 30.2 Å². The van der Waals surface area contributed by atoms with E-state index < -0.39 is 9.84 Å². The molecule has 4 N–H and O–H groups in total. The molecule has 3 aromatic rings. The minimum Gasteiger partial charge on any atom is -0.495 e. The fourth-order valence-electron chi connectivity index (χ4n) is 5.57. The van der Waals surface area contributed by atoms with Crippen molar-refractivity contribution >= 4 is 56.3 Å². The quantitative estimate of drug-likeness (QED) is 0.327. The molecule has 0 bridgehead atoms. The number of nitrogens with zero attached hydrogens (tertiary/aromatic N) is 4. The lowest BCUT2D eigenvalue weighted by molar-refractivity contribution is 0.0589. The molecular formula is C29H36ClN7O4S. The van der Waals surface area contributed by atoms with E-state index in [1.54, 1.807) is 36.4 Å². The number of rotatable bonds is 8. The van der Waals surface area contributed by atoms with Crippen molar-refractivity contribution in [2.45, 2.75) is 43.0 Å². The van der Waals surface area contributed by atoms with Crippen LogP contribution in [0.15, 0.2) is 47.4 Å². The second-order valence-electron chi connectivity index (χ2n) is 10.6. The summed E-state index contributed by atoms with van der Waals surface area (Å²) in [5.74, 6) is 0.625. The number of hydrogen-bond acceptors (Lipinski definition) is 10. The second-order valence-corrected chi connectivity index (χ2v) is 13.0. The molecule has 2 saturated heterocycles. The number of anilines is 5. The van der Waals surface area contributed by atoms with Crippen LogP contribution in [0, 0.1) is 0 Å². The van der Waals surface area contributed by atoms with E-state index in [2.05, 4.69) is 25.5 Å². The summed E-state index contributed by atoms with van der Waals surface area (Å²) in [4.78, 5) is 26.6. The zero-order valence-electron chi connectivity index (χ0n) is 23.8. The van der Waals surface area contributed by atoms with E-state index in [4.69, 9.17) is 22.1 Å². The highest BCUT2D eigenvalue weighted by atomic mass is 35.5. The minimum atomic E-state index is -3.52. The third-order valence-electron chi connectivity index (χ3n) is 7.77. The third-order valence-corrected chi connectivity index (χ3v) is 9.30. The summed E-state index contributed by atoms with van der Waals surface area (Å²) < 4.78 is 30.1. The summed E-state index contributed by atoms with van der Waals surface area (Å²) in [6.07, 6.45) is 6.94. The second kappa shape index (κ2) is 12.7. The largest absolute Gasteiger partial charge is 0.495 e. The zero-order valence-corrected chi connectivity index (χ0v) is 25.3. The number of sulfone groups is 1. The molecule has 0 saturated carbocycles. The van der Waals surface area contributed by atoms with E-state index in [1.165, 1.54) is 45.5 Å². The van der Waals surface area contributed by atoms with Gasteiger partial charge in [0.1, 0.15) is 16.6 Å². The molecule has 11 nitrogen and oxygen atoms in total. The number of hydrogen-bond donors (Lipinski definition) is 3. The Balaban J connectivity index is 1.31. The van der Waals surface area contributed by atoms with Crippen LogP contribution in [0.25, 0.3) is 0 Å². The SMILES string of the molecule is COc1cc(C(=O)N2CCC(N3CCCCC3)CC2)ccc1Nc1nc(N)c(Cl)c(Nc2ccccc2S(C)(=O)=O)n1. The van der Waals surface area contributed by atoms with E-state index >= 15 is 0 Å². The van der Waals surface area contributed by atoms with Gasteiger partial charge in [0.25, 0.3) is 5.91 Å². The normalized spacial score (nSPS) is 16.7. The number of carbonyl (C=O) groups excluding carboxylic acids is 1. The van der Waals surface area contributed by atoms with E-state index in [9.17, 15) is 13.2 Å². The summed E-state index contributed by atoms with van der Waals surface area (Å²) in [5.41, 5.74) is 7.41. The van der Waals surface area contributed by atoms with Crippen LogP contribution >= 0.6 is 11.6 Å². The molecule has 1 aromatic heterocycles. The Kier molecular flexibility index (Phi) is 9.05. The van der Waals surface area contributed by atoms with E-state index in [0.717, 1.165) is 32.2 Å². The molecule has 42 heavy (non-hydrogen) atoms. The number of nitrogens with two attached hydrogens (primary N) is 1. The molecule has 2 aliphatic heterocycles. The number of carbonyl (C=O) groups is 1. The molecule has 0 unspecified atom stereocenters. The van der Waals surface area contributed by atoms with Crippen molar-refractivity contribution in [1.82, 2.24) is 19.8 Å². The Morgan fingerprint density at radius 1 is 1.00 bits per heavy atom. The Morgan fingerprint density at radius 3 is 2.40 bits per heavy atom. The lowest BCUT2D eigenvalue weighted by Gasteiger charge is -2.40. The molecule has 224 valence electrons. The van der Waals surface area contributed by atoms with Crippen LogP contribution < -0.4 is 21.1 Å². The van der Waals surface area contributed by atoms with Gasteiger partial charge in [-0.15, -0.1) is 0 Å². The van der Waals surface area contributed by atoms with Crippen LogP contribution in [0.1, 0.15) is 42.5 Å². The van der Waals surface area contributed by atoms with Crippen molar-refractivity contribution in [1.29, 1.82) is 0 Å². The smallest absolute Gasteiger partial charge is 0.253 e. The van der Waals surface area contributed by atoms with Gasteiger partial charge in [-0.3, -0.25) is 4.79 Å². The highest BCUT2D eigenvalue weighted by molar-refractivity contribution is 7.90. The minimum absolute atomic E-state index is 0.00720. The lowest BCUT2D eigenvalue weighted by atomic mass is 9.99. The Bertz CT molecular complexity index is 1560. The van der Waals surface area contributed by atoms with Crippen molar-refractivity contribution < 1.29 is 17.9 Å². The van der Waals surface area contributed by atoms with E-state index in [1.807, 2.05) is 4.90 Å². The number of para-hydroxylation sites is 1. The average molecular weight is 614 g/mol. The summed E-state index contributed by atoms with van der Waals surface area (Å²) in [7, 11) is -2.00. The highest BCUT2D eigenvalue weighted by Crippen LogP contribution is 2.34. The molecule has 5 rings (SSSR count). The molecule has 2 fully saturated rings. The van der Waals surface area contributed by atoms with Gasteiger partial charge in [-0.05, 0) is 69.1 Å². The fraction of sp³-hybridized carbons (Fsp3) is 0.414. The number of nitrogens with one attached hydrogen (secondary N) is 2. The topological polar surface area (TPSA) is 143 Å². The van der Waals surface area contributed by atoms with Gasteiger partial charge in [0.15, 0.2) is 15.7 Å². The molecule has 0 radical (unpaired) electrons. The number of benzene rings is 2. The molecule has 2 aliphatic rings. The van der Waals surface area contributed by atoms with Gasteiger partial charge >= 0.3 is 0 Å². The summed E-state index contributed by atoms with van der Waals surface area (Å²) in [6.45, 7) is 3.80. The Labute approximate surface area is 251 Å². The first-order valence-electron chi connectivity index (χ1n) is 14.0. The maximum Gasteiger partial charge on any atom is 0.253 e. The van der Waals surface area contributed by atoms with Crippen LogP contribution in [0.5, 0.6) is 5.75 Å². The fourth-order valence-corrected chi connectivity index (χ4v) is 6.55. The molecule has 0 spiro atoms. The number of aromatic nitrogens is 2. The number of amides is 1. The van der Waals surface area contributed by atoms with Crippen LogP contribution in [0.4, 0.5) is 29.0 Å². The third kappa shape index (κ3) is 6.71. The van der Waals surface area contributed by atoms with E-state index in [-0.39, 0.29) is 33.4 Å². The molecule has 2 aromatic carbocycles. The van der Waals surface area contributed by atoms with Crippen molar-refractivity contribution in [3.8, 4) is 5.75 Å². The maximum atomic E-state index is 13.3. The first-order chi connectivity index (χ1) is 20.1. The average Bonchev–Trinajstić information content (AvgIpc) is 2.99. The standard InChI is InChI=1S/C29H36ClN7O4S/c1-41-23-18-19(28(38)37-16-12-20(13-17-37)36-14-6-3-7-15-36)10-11-21(23)33-29-34-26(31)25(30)27(35-29)32-22-8-4-5-9-24(22)42(2,39)40/h4-5,8-11,18,20H,3,6-7,12-17H2,1-2H3,(H4,31,32,33,34,35). The van der Waals surface area contributed by atoms with Crippen molar-refractivity contribution in [3.05, 3.63) is 53.1 Å². The molecule has 13 heteroatoms. The van der Waals surface area contributed by atoms with Crippen molar-refractivity contribution in [3.63, 3.8) is 0 Å². The lowest BCUT2D eigenvalue weighted by Crippen LogP contribution is -2.48. The number of methoxy groups -OCH3 is 1. The van der Waals surface area contributed by atoms with Crippen LogP contribution in [-0.4, -0.2) is 79.7 Å². The number of likely N-dealkylation sites (tertiary alicyclic amines) is 2. The van der Waals surface area contributed by atoms with E-state index in [0.29, 0.717) is 28.7 Å². The predicted octanol–water partition coefficient (Wildman–Crippen LogP) is 4.70. The first kappa shape index (κ1) is 29.9. The van der Waals surface area contributed by atoms with Gasteiger partial charge in [0.2, 0.25) is 5.95 Å². The van der Waals surface area contributed by atoms with Crippen LogP contribution in [0.3, 0.4) is 0 Å². The molecule has 0 aliphatic carbocycles. The van der Waals surface area contributed by atoms with Gasteiger partial charge in [-0.25, -0.2) is 8.42 Å². The number of ether oxygens (including phenoxy) is 1. The van der Waals surface area contributed by atoms with Crippen LogP contribution in [0.2, 0.25) is 5.02 Å². The molecular weight excluding hydrogens is 578 g/mol. The molecule has 1 amide bonds. The zero-order chi connectivity index (χ0) is 29.9. The molecule has 0 atom stereocenters. The van der Waals surface area contributed by atoms with Crippen molar-refractivity contribution in [2.75, 3.05) is 55.9 Å². The van der Waals surface area contributed by atoms with Crippen molar-refractivity contribution in [2.24, 2.45) is 0 Å². The van der Waals surface area contributed by atoms with Gasteiger partial charge in [0, 0.05) is 31.0 Å². The Hall–Kier alpha value is -3.61. The molecule has 3 heterocycles. The van der Waals surface area contributed by atoms with Gasteiger partial charge in [-0.2, -0.15) is 9.97 Å². The van der Waals surface area contributed by atoms with Crippen LogP contribution in [-0.2, 0) is 9.84 Å². The van der Waals surface area contributed by atoms with Gasteiger partial charge < -0.3 is 30.9 Å². The Morgan fingerprint density at radius 2 is 1.71 bits per heavy atom.